The molecule has 0 aliphatic carbocycles. The standard InChI is InChI=1S/2C11H21Si2.2ClH.U/c2*1-12(2,3)10-8-7-9-11(10)13(4,5)6;;;/h2*7-9H,1-6H3;2*1H;/q2*-1;;;+4/p-2. The third-order valence-electron chi connectivity index (χ3n) is 4.86. The molecule has 0 aromatic heterocycles. The molecule has 0 heterocycles. The van der Waals surface area contributed by atoms with Crippen molar-refractivity contribution in [1.29, 1.82) is 0 Å². The van der Waals surface area contributed by atoms with Crippen LogP contribution in [0, 0.1) is 31.1 Å². The van der Waals surface area contributed by atoms with Crippen molar-refractivity contribution in [2.75, 3.05) is 0 Å². The first-order valence-corrected chi connectivity index (χ1v) is 24.0. The number of hydrogen-bond donors (Lipinski definition) is 0. The summed E-state index contributed by atoms with van der Waals surface area (Å²) in [6, 6.07) is 13.9. The minimum absolute atomic E-state index is 0. The van der Waals surface area contributed by atoms with E-state index in [4.69, 9.17) is 0 Å². The molecule has 2 aromatic carbocycles. The van der Waals surface area contributed by atoms with Gasteiger partial charge in [-0.15, -0.1) is 0 Å². The van der Waals surface area contributed by atoms with Gasteiger partial charge in [0.25, 0.3) is 0 Å². The van der Waals surface area contributed by atoms with E-state index in [9.17, 15) is 0 Å². The summed E-state index contributed by atoms with van der Waals surface area (Å²) in [5, 5.41) is 6.75. The molecule has 0 amide bonds. The van der Waals surface area contributed by atoms with Gasteiger partial charge in [-0.3, -0.25) is 0 Å². The molecule has 0 aliphatic heterocycles. The van der Waals surface area contributed by atoms with Crippen LogP contribution < -0.4 is 45.6 Å². The van der Waals surface area contributed by atoms with Crippen LogP contribution in [0.15, 0.2) is 36.4 Å². The predicted molar refractivity (Wildman–Crippen MR) is 136 cm³/mol. The summed E-state index contributed by atoms with van der Waals surface area (Å²) in [6.07, 6.45) is 0. The second-order valence-electron chi connectivity index (χ2n) is 11.7. The molecule has 0 fully saturated rings. The second-order valence-corrected chi connectivity index (χ2v) is 31.9. The summed E-state index contributed by atoms with van der Waals surface area (Å²) in [4.78, 5) is 0. The summed E-state index contributed by atoms with van der Waals surface area (Å²) in [5.41, 5.74) is 0. The van der Waals surface area contributed by atoms with E-state index >= 15 is 0 Å². The number of halogens is 2. The molecule has 0 unspecified atom stereocenters. The molecule has 7 heteroatoms. The maximum Gasteiger partial charge on any atom is 4.00 e. The Morgan fingerprint density at radius 3 is 0.897 bits per heavy atom. The summed E-state index contributed by atoms with van der Waals surface area (Å²) in [6.45, 7) is 29.2. The van der Waals surface area contributed by atoms with Crippen LogP contribution in [0.1, 0.15) is 0 Å². The van der Waals surface area contributed by atoms with Crippen molar-refractivity contribution in [3.63, 3.8) is 0 Å². The Hall–Kier alpha value is 1.20. The van der Waals surface area contributed by atoms with Crippen LogP contribution in [0.2, 0.25) is 78.6 Å². The zero-order valence-electron chi connectivity index (χ0n) is 20.7. The minimum Gasteiger partial charge on any atom is -1.00 e. The molecular weight excluding hydrogens is 686 g/mol. The first-order valence-electron chi connectivity index (χ1n) is 9.99. The number of hydrogen-bond acceptors (Lipinski definition) is 0. The van der Waals surface area contributed by atoms with Crippen molar-refractivity contribution in [2.45, 2.75) is 78.6 Å². The summed E-state index contributed by atoms with van der Waals surface area (Å²) < 4.78 is 0. The van der Waals surface area contributed by atoms with Gasteiger partial charge in [0.1, 0.15) is 0 Å². The molecule has 0 atom stereocenters. The second kappa shape index (κ2) is 12.4. The average molecular weight is 728 g/mol. The molecule has 0 N–H and O–H groups in total. The van der Waals surface area contributed by atoms with Crippen molar-refractivity contribution in [3.8, 4) is 0 Å². The van der Waals surface area contributed by atoms with Crippen molar-refractivity contribution in [2.24, 2.45) is 0 Å². The van der Waals surface area contributed by atoms with Gasteiger partial charge in [-0.2, -0.15) is 32.9 Å². The molecular formula is C22H42Cl2Si4U. The maximum atomic E-state index is 2.44. The van der Waals surface area contributed by atoms with E-state index < -0.39 is 32.3 Å². The molecule has 0 radical (unpaired) electrons. The van der Waals surface area contributed by atoms with Crippen LogP contribution in [0.3, 0.4) is 0 Å². The zero-order chi connectivity index (χ0) is 20.6. The van der Waals surface area contributed by atoms with Gasteiger partial charge in [0.05, 0.1) is 16.1 Å². The van der Waals surface area contributed by atoms with Gasteiger partial charge in [0.15, 0.2) is 0 Å². The molecule has 0 bridgehead atoms. The minimum atomic E-state index is -1.10. The molecule has 164 valence electrons. The van der Waals surface area contributed by atoms with E-state index in [-0.39, 0.29) is 55.9 Å². The van der Waals surface area contributed by atoms with Gasteiger partial charge in [-0.05, 0) is 0 Å². The first kappa shape index (κ1) is 34.8. The molecule has 0 spiro atoms. The summed E-state index contributed by atoms with van der Waals surface area (Å²) in [5.74, 6) is 0. The molecule has 2 aromatic rings. The summed E-state index contributed by atoms with van der Waals surface area (Å²) >= 11 is 0. The van der Waals surface area contributed by atoms with Crippen LogP contribution in [0.25, 0.3) is 0 Å². The van der Waals surface area contributed by atoms with Gasteiger partial charge >= 0.3 is 31.1 Å². The van der Waals surface area contributed by atoms with Crippen molar-refractivity contribution in [1.82, 2.24) is 0 Å². The summed E-state index contributed by atoms with van der Waals surface area (Å²) in [7, 11) is -4.40. The van der Waals surface area contributed by atoms with Crippen LogP contribution in [0.4, 0.5) is 0 Å². The van der Waals surface area contributed by atoms with E-state index in [2.05, 4.69) is 115 Å². The number of rotatable bonds is 4. The fraction of sp³-hybridized carbons (Fsp3) is 0.545. The quantitative estimate of drug-likeness (QED) is 0.281. The van der Waals surface area contributed by atoms with Crippen LogP contribution >= 0.6 is 0 Å². The zero-order valence-corrected chi connectivity index (χ0v) is 30.4. The molecule has 0 aliphatic rings. The van der Waals surface area contributed by atoms with Gasteiger partial charge in [0.2, 0.25) is 0 Å². The smallest absolute Gasteiger partial charge is 1.00 e. The molecule has 2 rings (SSSR count). The van der Waals surface area contributed by atoms with Crippen LogP contribution in [0.5, 0.6) is 0 Å². The van der Waals surface area contributed by atoms with Crippen LogP contribution in [-0.2, 0) is 0 Å². The fourth-order valence-electron chi connectivity index (χ4n) is 3.46. The Labute approximate surface area is 222 Å². The third kappa shape index (κ3) is 10.6. The Morgan fingerprint density at radius 1 is 0.517 bits per heavy atom. The first-order chi connectivity index (χ1) is 11.5. The van der Waals surface area contributed by atoms with Crippen LogP contribution in [-0.4, -0.2) is 32.3 Å². The van der Waals surface area contributed by atoms with Gasteiger partial charge in [0, 0.05) is 16.1 Å². The average Bonchev–Trinajstić information content (AvgIpc) is 3.06. The normalized spacial score (nSPS) is 12.0. The Kier molecular flexibility index (Phi) is 14.9. The van der Waals surface area contributed by atoms with Gasteiger partial charge in [-0.25, -0.2) is 24.3 Å². The van der Waals surface area contributed by atoms with Crippen molar-refractivity contribution >= 4 is 53.0 Å². The van der Waals surface area contributed by atoms with Crippen molar-refractivity contribution in [3.05, 3.63) is 36.4 Å². The van der Waals surface area contributed by atoms with E-state index in [1.165, 1.54) is 0 Å². The van der Waals surface area contributed by atoms with E-state index in [1.807, 2.05) is 0 Å². The van der Waals surface area contributed by atoms with E-state index in [0.717, 1.165) is 0 Å². The largest absolute Gasteiger partial charge is 4.00 e. The third-order valence-corrected chi connectivity index (χ3v) is 13.6. The predicted octanol–water partition coefficient (Wildman–Crippen LogP) is -1.00. The SMILES string of the molecule is C[Si](C)(C)c1ccc[c-]1[Si](C)(C)C.C[Si](C)(C)c1ccc[c-]1[Si](C)(C)C.[Cl-].[Cl-].[U+4]. The maximum absolute atomic E-state index is 2.44. The fourth-order valence-corrected chi connectivity index (χ4v) is 13.9. The molecule has 29 heavy (non-hydrogen) atoms. The topological polar surface area (TPSA) is 0 Å². The van der Waals surface area contributed by atoms with E-state index in [0.29, 0.717) is 0 Å². The molecule has 0 nitrogen and oxygen atoms in total. The Bertz CT molecular complexity index is 589. The van der Waals surface area contributed by atoms with Gasteiger partial charge in [-0.1, -0.05) is 78.6 Å². The monoisotopic (exact) mass is 726 g/mol. The molecule has 0 saturated heterocycles. The van der Waals surface area contributed by atoms with E-state index in [1.54, 1.807) is 20.7 Å². The van der Waals surface area contributed by atoms with Crippen molar-refractivity contribution < 1.29 is 55.9 Å². The Morgan fingerprint density at radius 2 is 0.759 bits per heavy atom. The van der Waals surface area contributed by atoms with Gasteiger partial charge < -0.3 is 24.8 Å². The Balaban J connectivity index is -0.000000422. The molecule has 0 saturated carbocycles.